The lowest BCUT2D eigenvalue weighted by Crippen LogP contribution is -2.21. The summed E-state index contributed by atoms with van der Waals surface area (Å²) in [5, 5.41) is 9.25. The molecule has 2 aromatic heterocycles. The van der Waals surface area contributed by atoms with Crippen LogP contribution in [0.3, 0.4) is 0 Å². The van der Waals surface area contributed by atoms with Crippen molar-refractivity contribution in [2.24, 2.45) is 0 Å². The second kappa shape index (κ2) is 7.98. The van der Waals surface area contributed by atoms with E-state index in [1.54, 1.807) is 4.57 Å². The number of thioether (sulfide) groups is 1. The highest BCUT2D eigenvalue weighted by molar-refractivity contribution is 7.98. The van der Waals surface area contributed by atoms with Crippen molar-refractivity contribution in [2.45, 2.75) is 37.6 Å². The number of rotatable bonds is 6. The molecule has 2 heterocycles. The SMILES string of the molecule is CCc1ccc(-n2c(SCc3nnc(CC)o3)nc3ccccc3c2=O)cc1. The van der Waals surface area contributed by atoms with E-state index in [9.17, 15) is 4.79 Å². The molecule has 7 heteroatoms. The Morgan fingerprint density at radius 3 is 2.43 bits per heavy atom. The van der Waals surface area contributed by atoms with Gasteiger partial charge in [-0.15, -0.1) is 10.2 Å². The fourth-order valence-corrected chi connectivity index (χ4v) is 3.78. The number of hydrogen-bond donors (Lipinski definition) is 0. The zero-order valence-corrected chi connectivity index (χ0v) is 16.6. The molecule has 4 rings (SSSR count). The van der Waals surface area contributed by atoms with Gasteiger partial charge in [0.05, 0.1) is 22.3 Å². The first-order chi connectivity index (χ1) is 13.7. The van der Waals surface area contributed by atoms with Gasteiger partial charge in [0.1, 0.15) is 0 Å². The van der Waals surface area contributed by atoms with Crippen LogP contribution >= 0.6 is 11.8 Å². The highest BCUT2D eigenvalue weighted by atomic mass is 32.2. The maximum Gasteiger partial charge on any atom is 0.266 e. The molecule has 0 spiro atoms. The van der Waals surface area contributed by atoms with E-state index in [0.717, 1.165) is 12.1 Å². The fraction of sp³-hybridized carbons (Fsp3) is 0.238. The van der Waals surface area contributed by atoms with Gasteiger partial charge in [-0.25, -0.2) is 4.98 Å². The monoisotopic (exact) mass is 392 g/mol. The normalized spacial score (nSPS) is 11.2. The largest absolute Gasteiger partial charge is 0.424 e. The lowest BCUT2D eigenvalue weighted by atomic mass is 10.1. The Morgan fingerprint density at radius 1 is 0.964 bits per heavy atom. The van der Waals surface area contributed by atoms with Crippen LogP contribution in [0, 0.1) is 0 Å². The van der Waals surface area contributed by atoms with E-state index < -0.39 is 0 Å². The van der Waals surface area contributed by atoms with Gasteiger partial charge in [-0.2, -0.15) is 0 Å². The Labute approximate surface area is 166 Å². The molecule has 0 aliphatic rings. The molecule has 6 nitrogen and oxygen atoms in total. The van der Waals surface area contributed by atoms with Crippen LogP contribution in [0.2, 0.25) is 0 Å². The van der Waals surface area contributed by atoms with E-state index in [0.29, 0.717) is 40.0 Å². The minimum atomic E-state index is -0.0860. The topological polar surface area (TPSA) is 73.8 Å². The highest BCUT2D eigenvalue weighted by Gasteiger charge is 2.15. The number of benzene rings is 2. The average molecular weight is 392 g/mol. The molecular formula is C21H20N4O2S. The van der Waals surface area contributed by atoms with Crippen LogP contribution in [-0.4, -0.2) is 19.7 Å². The number of hydrogen-bond acceptors (Lipinski definition) is 6. The maximum absolute atomic E-state index is 13.2. The second-order valence-corrected chi connectivity index (χ2v) is 7.25. The number of fused-ring (bicyclic) bond motifs is 1. The molecule has 0 saturated heterocycles. The molecule has 0 aliphatic carbocycles. The van der Waals surface area contributed by atoms with Gasteiger partial charge >= 0.3 is 0 Å². The Balaban J connectivity index is 1.79. The van der Waals surface area contributed by atoms with Crippen molar-refractivity contribution in [1.29, 1.82) is 0 Å². The third-order valence-corrected chi connectivity index (χ3v) is 5.41. The van der Waals surface area contributed by atoms with Crippen molar-refractivity contribution in [3.63, 3.8) is 0 Å². The van der Waals surface area contributed by atoms with E-state index in [2.05, 4.69) is 17.1 Å². The van der Waals surface area contributed by atoms with Gasteiger partial charge in [-0.1, -0.05) is 49.9 Å². The summed E-state index contributed by atoms with van der Waals surface area (Å²) < 4.78 is 7.25. The van der Waals surface area contributed by atoms with Crippen LogP contribution in [0.4, 0.5) is 0 Å². The van der Waals surface area contributed by atoms with Crippen molar-refractivity contribution in [1.82, 2.24) is 19.7 Å². The zero-order valence-electron chi connectivity index (χ0n) is 15.8. The fourth-order valence-electron chi connectivity index (χ4n) is 2.93. The van der Waals surface area contributed by atoms with Gasteiger partial charge in [0.2, 0.25) is 11.8 Å². The minimum Gasteiger partial charge on any atom is -0.424 e. The molecule has 0 unspecified atom stereocenters. The lowest BCUT2D eigenvalue weighted by Gasteiger charge is -2.13. The number of aryl methyl sites for hydroxylation is 2. The quantitative estimate of drug-likeness (QED) is 0.362. The van der Waals surface area contributed by atoms with Crippen molar-refractivity contribution in [2.75, 3.05) is 0 Å². The van der Waals surface area contributed by atoms with Gasteiger partial charge in [0.15, 0.2) is 5.16 Å². The molecule has 0 amide bonds. The summed E-state index contributed by atoms with van der Waals surface area (Å²) in [7, 11) is 0. The minimum absolute atomic E-state index is 0.0860. The Bertz CT molecular complexity index is 1170. The summed E-state index contributed by atoms with van der Waals surface area (Å²) in [4.78, 5) is 18.0. The van der Waals surface area contributed by atoms with Crippen LogP contribution in [-0.2, 0) is 18.6 Å². The van der Waals surface area contributed by atoms with Crippen LogP contribution < -0.4 is 5.56 Å². The maximum atomic E-state index is 13.2. The summed E-state index contributed by atoms with van der Waals surface area (Å²) in [6.07, 6.45) is 1.64. The number of nitrogens with zero attached hydrogens (tertiary/aromatic N) is 4. The lowest BCUT2D eigenvalue weighted by molar-refractivity contribution is 0.469. The van der Waals surface area contributed by atoms with E-state index in [4.69, 9.17) is 9.40 Å². The molecule has 0 aliphatic heterocycles. The highest BCUT2D eigenvalue weighted by Crippen LogP contribution is 2.24. The summed E-state index contributed by atoms with van der Waals surface area (Å²) in [6, 6.07) is 15.4. The molecule has 2 aromatic carbocycles. The Kier molecular flexibility index (Phi) is 5.25. The summed E-state index contributed by atoms with van der Waals surface area (Å²) in [5.74, 6) is 1.58. The van der Waals surface area contributed by atoms with Crippen molar-refractivity contribution in [3.8, 4) is 5.69 Å². The Morgan fingerprint density at radius 2 is 1.71 bits per heavy atom. The smallest absolute Gasteiger partial charge is 0.266 e. The van der Waals surface area contributed by atoms with Gasteiger partial charge in [-0.3, -0.25) is 9.36 Å². The molecule has 0 atom stereocenters. The van der Waals surface area contributed by atoms with E-state index in [1.807, 2.05) is 55.5 Å². The first kappa shape index (κ1) is 18.4. The third kappa shape index (κ3) is 3.57. The number of para-hydroxylation sites is 1. The molecule has 142 valence electrons. The van der Waals surface area contributed by atoms with Crippen molar-refractivity contribution in [3.05, 3.63) is 76.2 Å². The molecule has 4 aromatic rings. The summed E-state index contributed by atoms with van der Waals surface area (Å²) in [6.45, 7) is 4.07. The first-order valence-corrected chi connectivity index (χ1v) is 10.2. The zero-order chi connectivity index (χ0) is 19.5. The average Bonchev–Trinajstić information content (AvgIpc) is 3.21. The van der Waals surface area contributed by atoms with E-state index >= 15 is 0 Å². The van der Waals surface area contributed by atoms with Crippen LogP contribution in [0.15, 0.2) is 62.9 Å². The van der Waals surface area contributed by atoms with Gasteiger partial charge < -0.3 is 4.42 Å². The van der Waals surface area contributed by atoms with Gasteiger partial charge in [-0.05, 0) is 36.2 Å². The molecule has 0 saturated carbocycles. The number of aromatic nitrogens is 4. The van der Waals surface area contributed by atoms with Crippen LogP contribution in [0.1, 0.15) is 31.2 Å². The summed E-state index contributed by atoms with van der Waals surface area (Å²) in [5.41, 5.74) is 2.61. The molecular weight excluding hydrogens is 372 g/mol. The standard InChI is InChI=1S/C21H20N4O2S/c1-3-14-9-11-15(12-10-14)25-20(26)16-7-5-6-8-17(16)22-21(25)28-13-19-24-23-18(4-2)27-19/h5-12H,3-4,13H2,1-2H3. The first-order valence-electron chi connectivity index (χ1n) is 9.24. The predicted octanol–water partition coefficient (Wildman–Crippen LogP) is 4.19. The van der Waals surface area contributed by atoms with E-state index in [-0.39, 0.29) is 5.56 Å². The van der Waals surface area contributed by atoms with Crippen molar-refractivity contribution >= 4 is 22.7 Å². The third-order valence-electron chi connectivity index (χ3n) is 4.48. The molecule has 0 bridgehead atoms. The summed E-state index contributed by atoms with van der Waals surface area (Å²) >= 11 is 1.41. The van der Waals surface area contributed by atoms with Gasteiger partial charge in [0.25, 0.3) is 5.56 Å². The van der Waals surface area contributed by atoms with Gasteiger partial charge in [0, 0.05) is 6.42 Å². The molecule has 0 fully saturated rings. The van der Waals surface area contributed by atoms with Crippen LogP contribution in [0.5, 0.6) is 0 Å². The second-order valence-electron chi connectivity index (χ2n) is 6.30. The molecule has 0 N–H and O–H groups in total. The van der Waals surface area contributed by atoms with E-state index in [1.165, 1.54) is 17.3 Å². The predicted molar refractivity (Wildman–Crippen MR) is 110 cm³/mol. The molecule has 28 heavy (non-hydrogen) atoms. The van der Waals surface area contributed by atoms with Crippen molar-refractivity contribution < 1.29 is 4.42 Å². The molecule has 0 radical (unpaired) electrons. The Hall–Kier alpha value is -2.93. The van der Waals surface area contributed by atoms with Crippen LogP contribution in [0.25, 0.3) is 16.6 Å².